The lowest BCUT2D eigenvalue weighted by atomic mass is 10.2. The van der Waals surface area contributed by atoms with Crippen molar-refractivity contribution in [2.24, 2.45) is 0 Å². The van der Waals surface area contributed by atoms with Crippen LogP contribution < -0.4 is 14.8 Å². The maximum Gasteiger partial charge on any atom is 0.255 e. The summed E-state index contributed by atoms with van der Waals surface area (Å²) >= 11 is 12.0. The Bertz CT molecular complexity index is 688. The Hall–Kier alpha value is -1.91. The molecule has 0 radical (unpaired) electrons. The van der Waals surface area contributed by atoms with Gasteiger partial charge in [-0.1, -0.05) is 35.3 Å². The highest BCUT2D eigenvalue weighted by atomic mass is 35.5. The van der Waals surface area contributed by atoms with Gasteiger partial charge in [0.1, 0.15) is 0 Å². The van der Waals surface area contributed by atoms with Crippen molar-refractivity contribution in [3.05, 3.63) is 52.0 Å². The number of rotatable bonds is 2. The van der Waals surface area contributed by atoms with Gasteiger partial charge in [0.25, 0.3) is 5.91 Å². The number of carbonyl (C=O) groups is 1. The molecule has 0 saturated heterocycles. The lowest BCUT2D eigenvalue weighted by Crippen LogP contribution is -2.12. The topological polar surface area (TPSA) is 47.6 Å². The summed E-state index contributed by atoms with van der Waals surface area (Å²) in [6.07, 6.45) is 0. The first kappa shape index (κ1) is 13.1. The number of anilines is 1. The SMILES string of the molecule is O=C(Nc1ccccc1Cl)c1cc(Cl)c2c(c1)OCO2. The molecule has 1 aliphatic rings. The summed E-state index contributed by atoms with van der Waals surface area (Å²) < 4.78 is 10.4. The van der Waals surface area contributed by atoms with Gasteiger partial charge in [0.2, 0.25) is 6.79 Å². The minimum atomic E-state index is -0.321. The second-order valence-electron chi connectivity index (χ2n) is 4.13. The number of fused-ring (bicyclic) bond motifs is 1. The molecule has 1 aliphatic heterocycles. The molecule has 0 aromatic heterocycles. The zero-order chi connectivity index (χ0) is 14.1. The number of benzene rings is 2. The quantitative estimate of drug-likeness (QED) is 0.913. The van der Waals surface area contributed by atoms with Crippen LogP contribution in [0, 0.1) is 0 Å². The third kappa shape index (κ3) is 2.40. The summed E-state index contributed by atoms with van der Waals surface area (Å²) in [6.45, 7) is 0.102. The summed E-state index contributed by atoms with van der Waals surface area (Å²) in [6, 6.07) is 10.1. The summed E-state index contributed by atoms with van der Waals surface area (Å²) in [5.74, 6) is 0.598. The molecule has 20 heavy (non-hydrogen) atoms. The Morgan fingerprint density at radius 1 is 1.10 bits per heavy atom. The molecule has 0 bridgehead atoms. The third-order valence-electron chi connectivity index (χ3n) is 2.81. The first-order valence-corrected chi connectivity index (χ1v) is 6.56. The van der Waals surface area contributed by atoms with Gasteiger partial charge in [0, 0.05) is 5.56 Å². The lowest BCUT2D eigenvalue weighted by molar-refractivity contribution is 0.102. The zero-order valence-corrected chi connectivity index (χ0v) is 11.7. The van der Waals surface area contributed by atoms with Crippen molar-refractivity contribution in [2.45, 2.75) is 0 Å². The number of nitrogens with one attached hydrogen (secondary N) is 1. The molecule has 2 aromatic carbocycles. The number of hydrogen-bond donors (Lipinski definition) is 1. The molecule has 4 nitrogen and oxygen atoms in total. The van der Waals surface area contributed by atoms with Crippen LogP contribution in [0.3, 0.4) is 0 Å². The minimum Gasteiger partial charge on any atom is -0.454 e. The highest BCUT2D eigenvalue weighted by Crippen LogP contribution is 2.40. The number of carbonyl (C=O) groups excluding carboxylic acids is 1. The number of halogens is 2. The fourth-order valence-electron chi connectivity index (χ4n) is 1.86. The van der Waals surface area contributed by atoms with Gasteiger partial charge < -0.3 is 14.8 Å². The normalized spacial score (nSPS) is 12.3. The van der Waals surface area contributed by atoms with Crippen LogP contribution in [0.15, 0.2) is 36.4 Å². The average Bonchev–Trinajstić information content (AvgIpc) is 2.90. The molecule has 1 N–H and O–H groups in total. The van der Waals surface area contributed by atoms with Crippen LogP contribution in [0.5, 0.6) is 11.5 Å². The fourth-order valence-corrected chi connectivity index (χ4v) is 2.30. The molecule has 0 spiro atoms. The Kier molecular flexibility index (Phi) is 3.42. The Morgan fingerprint density at radius 2 is 1.90 bits per heavy atom. The summed E-state index contributed by atoms with van der Waals surface area (Å²) in [5.41, 5.74) is 0.909. The van der Waals surface area contributed by atoms with Crippen molar-refractivity contribution in [1.29, 1.82) is 0 Å². The molecule has 3 rings (SSSR count). The molecular weight excluding hydrogens is 301 g/mol. The van der Waals surface area contributed by atoms with E-state index in [0.29, 0.717) is 32.8 Å². The van der Waals surface area contributed by atoms with E-state index in [0.717, 1.165) is 0 Å². The number of amides is 1. The van der Waals surface area contributed by atoms with Crippen LogP contribution >= 0.6 is 23.2 Å². The molecule has 0 unspecified atom stereocenters. The highest BCUT2D eigenvalue weighted by molar-refractivity contribution is 6.34. The molecule has 102 valence electrons. The number of ether oxygens (including phenoxy) is 2. The molecule has 0 aliphatic carbocycles. The molecular formula is C14H9Cl2NO3. The van der Waals surface area contributed by atoms with Gasteiger partial charge in [0.15, 0.2) is 11.5 Å². The standard InChI is InChI=1S/C14H9Cl2NO3/c15-9-3-1-2-4-11(9)17-14(18)8-5-10(16)13-12(6-8)19-7-20-13/h1-6H,7H2,(H,17,18). The predicted molar refractivity (Wildman–Crippen MR) is 77.0 cm³/mol. The summed E-state index contributed by atoms with van der Waals surface area (Å²) in [7, 11) is 0. The van der Waals surface area contributed by atoms with E-state index in [1.54, 1.807) is 30.3 Å². The maximum absolute atomic E-state index is 12.2. The van der Waals surface area contributed by atoms with Gasteiger partial charge in [-0.25, -0.2) is 0 Å². The summed E-state index contributed by atoms with van der Waals surface area (Å²) in [4.78, 5) is 12.2. The van der Waals surface area contributed by atoms with Crippen LogP contribution in [0.1, 0.15) is 10.4 Å². The van der Waals surface area contributed by atoms with E-state index >= 15 is 0 Å². The molecule has 0 atom stereocenters. The first-order valence-electron chi connectivity index (χ1n) is 5.80. The van der Waals surface area contributed by atoms with E-state index in [-0.39, 0.29) is 12.7 Å². The van der Waals surface area contributed by atoms with Crippen molar-refractivity contribution in [3.8, 4) is 11.5 Å². The van der Waals surface area contributed by atoms with Crippen LogP contribution in [0.4, 0.5) is 5.69 Å². The summed E-state index contributed by atoms with van der Waals surface area (Å²) in [5, 5.41) is 3.52. The second kappa shape index (κ2) is 5.23. The Morgan fingerprint density at radius 3 is 2.70 bits per heavy atom. The van der Waals surface area contributed by atoms with E-state index in [1.165, 1.54) is 6.07 Å². The van der Waals surface area contributed by atoms with Gasteiger partial charge in [0.05, 0.1) is 15.7 Å². The predicted octanol–water partition coefficient (Wildman–Crippen LogP) is 3.97. The fraction of sp³-hybridized carbons (Fsp3) is 0.0714. The Balaban J connectivity index is 1.88. The van der Waals surface area contributed by atoms with Crippen molar-refractivity contribution in [1.82, 2.24) is 0 Å². The molecule has 0 saturated carbocycles. The Labute approximate surface area is 125 Å². The van der Waals surface area contributed by atoms with Crippen molar-refractivity contribution in [3.63, 3.8) is 0 Å². The van der Waals surface area contributed by atoms with Crippen LogP contribution in [-0.2, 0) is 0 Å². The molecule has 6 heteroatoms. The molecule has 0 fully saturated rings. The first-order chi connectivity index (χ1) is 9.65. The largest absolute Gasteiger partial charge is 0.454 e. The van der Waals surface area contributed by atoms with Gasteiger partial charge in [-0.2, -0.15) is 0 Å². The van der Waals surface area contributed by atoms with Crippen molar-refractivity contribution in [2.75, 3.05) is 12.1 Å². The van der Waals surface area contributed by atoms with E-state index in [2.05, 4.69) is 5.32 Å². The van der Waals surface area contributed by atoms with Gasteiger partial charge >= 0.3 is 0 Å². The van der Waals surface area contributed by atoms with Gasteiger partial charge in [-0.15, -0.1) is 0 Å². The zero-order valence-electron chi connectivity index (χ0n) is 10.2. The van der Waals surface area contributed by atoms with Crippen LogP contribution in [-0.4, -0.2) is 12.7 Å². The average molecular weight is 310 g/mol. The monoisotopic (exact) mass is 309 g/mol. The number of para-hydroxylation sites is 1. The maximum atomic E-state index is 12.2. The number of hydrogen-bond acceptors (Lipinski definition) is 3. The van der Waals surface area contributed by atoms with Crippen LogP contribution in [0.25, 0.3) is 0 Å². The molecule has 2 aromatic rings. The van der Waals surface area contributed by atoms with Gasteiger partial charge in [-0.05, 0) is 24.3 Å². The van der Waals surface area contributed by atoms with Crippen LogP contribution in [0.2, 0.25) is 10.0 Å². The second-order valence-corrected chi connectivity index (χ2v) is 4.94. The smallest absolute Gasteiger partial charge is 0.255 e. The lowest BCUT2D eigenvalue weighted by Gasteiger charge is -2.08. The molecule has 1 amide bonds. The van der Waals surface area contributed by atoms with E-state index in [9.17, 15) is 4.79 Å². The van der Waals surface area contributed by atoms with Gasteiger partial charge in [-0.3, -0.25) is 4.79 Å². The van der Waals surface area contributed by atoms with E-state index in [1.807, 2.05) is 0 Å². The third-order valence-corrected chi connectivity index (χ3v) is 3.42. The minimum absolute atomic E-state index is 0.102. The molecule has 1 heterocycles. The van der Waals surface area contributed by atoms with E-state index < -0.39 is 0 Å². The highest BCUT2D eigenvalue weighted by Gasteiger charge is 2.20. The van der Waals surface area contributed by atoms with E-state index in [4.69, 9.17) is 32.7 Å². The van der Waals surface area contributed by atoms with Crippen molar-refractivity contribution >= 4 is 34.8 Å². The van der Waals surface area contributed by atoms with Crippen molar-refractivity contribution < 1.29 is 14.3 Å².